The molecule has 1 aromatic heterocycles. The first-order valence-electron chi connectivity index (χ1n) is 8.97. The number of ether oxygens (including phenoxy) is 3. The lowest BCUT2D eigenvalue weighted by atomic mass is 10.2. The van der Waals surface area contributed by atoms with E-state index in [4.69, 9.17) is 30.2 Å². The van der Waals surface area contributed by atoms with Gasteiger partial charge in [0.2, 0.25) is 0 Å². The van der Waals surface area contributed by atoms with Crippen LogP contribution in [0.3, 0.4) is 0 Å². The summed E-state index contributed by atoms with van der Waals surface area (Å²) in [7, 11) is 3.14. The summed E-state index contributed by atoms with van der Waals surface area (Å²) in [6.07, 6.45) is 0. The van der Waals surface area contributed by atoms with Crippen molar-refractivity contribution in [3.63, 3.8) is 0 Å². The summed E-state index contributed by atoms with van der Waals surface area (Å²) in [5, 5.41) is 3.50. The Morgan fingerprint density at radius 1 is 1.03 bits per heavy atom. The molecule has 0 saturated carbocycles. The number of hydrogen-bond acceptors (Lipinski definition) is 5. The van der Waals surface area contributed by atoms with Gasteiger partial charge in [-0.15, -0.1) is 0 Å². The lowest BCUT2D eigenvalue weighted by Crippen LogP contribution is -2.22. The molecule has 2 aromatic carbocycles. The zero-order chi connectivity index (χ0) is 20.8. The van der Waals surface area contributed by atoms with E-state index in [1.165, 1.54) is 0 Å². The second-order valence-corrected chi connectivity index (χ2v) is 6.74. The smallest absolute Gasteiger partial charge is 0.287 e. The van der Waals surface area contributed by atoms with Crippen molar-refractivity contribution in [2.24, 2.45) is 0 Å². The third kappa shape index (κ3) is 5.23. The van der Waals surface area contributed by atoms with Crippen LogP contribution in [0.15, 0.2) is 52.9 Å². The molecule has 0 aliphatic carbocycles. The summed E-state index contributed by atoms with van der Waals surface area (Å²) in [5.41, 5.74) is 1.81. The van der Waals surface area contributed by atoms with E-state index in [0.29, 0.717) is 34.6 Å². The minimum atomic E-state index is -0.312. The number of hydrogen-bond donors (Lipinski definition) is 1. The highest BCUT2D eigenvalue weighted by atomic mass is 35.5. The van der Waals surface area contributed by atoms with Crippen molar-refractivity contribution < 1.29 is 23.4 Å². The van der Waals surface area contributed by atoms with Crippen LogP contribution in [-0.2, 0) is 13.2 Å². The molecule has 6 nitrogen and oxygen atoms in total. The van der Waals surface area contributed by atoms with Gasteiger partial charge < -0.3 is 23.9 Å². The maximum Gasteiger partial charge on any atom is 0.287 e. The van der Waals surface area contributed by atoms with E-state index < -0.39 is 0 Å². The van der Waals surface area contributed by atoms with Gasteiger partial charge >= 0.3 is 0 Å². The van der Waals surface area contributed by atoms with E-state index in [1.807, 2.05) is 25.1 Å². The predicted molar refractivity (Wildman–Crippen MR) is 110 cm³/mol. The number of benzene rings is 2. The average Bonchev–Trinajstić information content (AvgIpc) is 3.21. The lowest BCUT2D eigenvalue weighted by molar-refractivity contribution is 0.0919. The Balaban J connectivity index is 1.55. The first-order valence-corrected chi connectivity index (χ1v) is 9.34. The molecule has 0 radical (unpaired) electrons. The van der Waals surface area contributed by atoms with Crippen LogP contribution < -0.4 is 19.5 Å². The zero-order valence-corrected chi connectivity index (χ0v) is 17.2. The molecule has 152 valence electrons. The highest BCUT2D eigenvalue weighted by molar-refractivity contribution is 6.31. The molecule has 29 heavy (non-hydrogen) atoms. The van der Waals surface area contributed by atoms with E-state index in [1.54, 1.807) is 44.6 Å². The molecule has 0 saturated heterocycles. The SMILES string of the molecule is COc1ccc(CNC(=O)c2ccc(COc3ccc(Cl)c(C)c3)o2)cc1OC. The number of methoxy groups -OCH3 is 2. The molecule has 1 heterocycles. The molecule has 0 unspecified atom stereocenters. The zero-order valence-electron chi connectivity index (χ0n) is 16.5. The van der Waals surface area contributed by atoms with Gasteiger partial charge in [0.05, 0.1) is 14.2 Å². The molecule has 0 aliphatic rings. The van der Waals surface area contributed by atoms with Gasteiger partial charge in [-0.25, -0.2) is 0 Å². The Morgan fingerprint density at radius 3 is 2.55 bits per heavy atom. The molecular weight excluding hydrogens is 394 g/mol. The molecule has 1 amide bonds. The molecule has 0 atom stereocenters. The van der Waals surface area contributed by atoms with Gasteiger partial charge in [-0.2, -0.15) is 0 Å². The van der Waals surface area contributed by atoms with Gasteiger partial charge in [0.25, 0.3) is 5.91 Å². The van der Waals surface area contributed by atoms with Gasteiger partial charge in [-0.3, -0.25) is 4.79 Å². The highest BCUT2D eigenvalue weighted by Crippen LogP contribution is 2.27. The number of amides is 1. The second kappa shape index (κ2) is 9.39. The topological polar surface area (TPSA) is 69.9 Å². The number of nitrogens with one attached hydrogen (secondary N) is 1. The molecule has 0 bridgehead atoms. The van der Waals surface area contributed by atoms with Crippen molar-refractivity contribution in [3.05, 3.63) is 76.2 Å². The quantitative estimate of drug-likeness (QED) is 0.574. The van der Waals surface area contributed by atoms with E-state index in [2.05, 4.69) is 5.32 Å². The molecule has 1 N–H and O–H groups in total. The van der Waals surface area contributed by atoms with Crippen molar-refractivity contribution in [2.75, 3.05) is 14.2 Å². The van der Waals surface area contributed by atoms with Crippen LogP contribution in [0.2, 0.25) is 5.02 Å². The fraction of sp³-hybridized carbons (Fsp3) is 0.227. The number of rotatable bonds is 8. The number of furan rings is 1. The minimum Gasteiger partial charge on any atom is -0.493 e. The Labute approximate surface area is 174 Å². The Hall–Kier alpha value is -3.12. The van der Waals surface area contributed by atoms with Crippen LogP contribution in [0.5, 0.6) is 17.2 Å². The number of carbonyl (C=O) groups is 1. The summed E-state index contributed by atoms with van der Waals surface area (Å²) in [6.45, 7) is 2.45. The van der Waals surface area contributed by atoms with Gasteiger partial charge in [0, 0.05) is 11.6 Å². The van der Waals surface area contributed by atoms with Gasteiger partial charge in [-0.1, -0.05) is 17.7 Å². The fourth-order valence-electron chi connectivity index (χ4n) is 2.70. The van der Waals surface area contributed by atoms with E-state index in [9.17, 15) is 4.79 Å². The van der Waals surface area contributed by atoms with E-state index in [0.717, 1.165) is 11.1 Å². The summed E-state index contributed by atoms with van der Waals surface area (Å²) < 4.78 is 21.8. The van der Waals surface area contributed by atoms with Gasteiger partial charge in [0.1, 0.15) is 18.1 Å². The van der Waals surface area contributed by atoms with Crippen molar-refractivity contribution >= 4 is 17.5 Å². The summed E-state index contributed by atoms with van der Waals surface area (Å²) in [5.74, 6) is 2.38. The largest absolute Gasteiger partial charge is 0.493 e. The van der Waals surface area contributed by atoms with Crippen LogP contribution >= 0.6 is 11.6 Å². The van der Waals surface area contributed by atoms with Gasteiger partial charge in [-0.05, 0) is 60.5 Å². The monoisotopic (exact) mass is 415 g/mol. The van der Waals surface area contributed by atoms with Crippen molar-refractivity contribution in [1.29, 1.82) is 0 Å². The van der Waals surface area contributed by atoms with Crippen molar-refractivity contribution in [3.8, 4) is 17.2 Å². The Bertz CT molecular complexity index is 999. The Morgan fingerprint density at radius 2 is 1.83 bits per heavy atom. The summed E-state index contributed by atoms with van der Waals surface area (Å²) >= 11 is 6.01. The summed E-state index contributed by atoms with van der Waals surface area (Å²) in [4.78, 5) is 12.3. The first-order chi connectivity index (χ1) is 14.0. The normalized spacial score (nSPS) is 10.5. The van der Waals surface area contributed by atoms with Crippen LogP contribution in [-0.4, -0.2) is 20.1 Å². The van der Waals surface area contributed by atoms with Crippen LogP contribution in [0.4, 0.5) is 0 Å². The first kappa shape index (κ1) is 20.6. The molecule has 0 fully saturated rings. The maximum atomic E-state index is 12.3. The van der Waals surface area contributed by atoms with Crippen LogP contribution in [0.25, 0.3) is 0 Å². The van der Waals surface area contributed by atoms with Crippen LogP contribution in [0, 0.1) is 6.92 Å². The molecule has 3 rings (SSSR count). The second-order valence-electron chi connectivity index (χ2n) is 6.34. The van der Waals surface area contributed by atoms with Crippen LogP contribution in [0.1, 0.15) is 27.4 Å². The fourth-order valence-corrected chi connectivity index (χ4v) is 2.82. The number of aryl methyl sites for hydroxylation is 1. The third-order valence-corrected chi connectivity index (χ3v) is 4.72. The average molecular weight is 416 g/mol. The van der Waals surface area contributed by atoms with Crippen molar-refractivity contribution in [1.82, 2.24) is 5.32 Å². The van der Waals surface area contributed by atoms with Crippen molar-refractivity contribution in [2.45, 2.75) is 20.1 Å². The standard InChI is InChI=1S/C22H22ClNO5/c1-14-10-16(5-7-18(14)23)28-13-17-6-9-20(29-17)22(25)24-12-15-4-8-19(26-2)21(11-15)27-3/h4-11H,12-13H2,1-3H3,(H,24,25). The third-order valence-electron chi connectivity index (χ3n) is 4.30. The maximum absolute atomic E-state index is 12.3. The molecule has 0 aliphatic heterocycles. The van der Waals surface area contributed by atoms with E-state index >= 15 is 0 Å². The highest BCUT2D eigenvalue weighted by Gasteiger charge is 2.12. The number of halogens is 1. The van der Waals surface area contributed by atoms with E-state index in [-0.39, 0.29) is 18.3 Å². The number of carbonyl (C=O) groups excluding carboxylic acids is 1. The molecule has 7 heteroatoms. The molecule has 0 spiro atoms. The van der Waals surface area contributed by atoms with Gasteiger partial charge in [0.15, 0.2) is 17.3 Å². The molecular formula is C22H22ClNO5. The lowest BCUT2D eigenvalue weighted by Gasteiger charge is -2.10. The predicted octanol–water partition coefficient (Wildman–Crippen LogP) is 4.77. The summed E-state index contributed by atoms with van der Waals surface area (Å²) in [6, 6.07) is 14.2. The minimum absolute atomic E-state index is 0.212. The molecule has 3 aromatic rings. The Kier molecular flexibility index (Phi) is 6.67.